The Morgan fingerprint density at radius 3 is 2.77 bits per heavy atom. The lowest BCUT2D eigenvalue weighted by Gasteiger charge is -2.23. The molecule has 1 amide bonds. The zero-order valence-corrected chi connectivity index (χ0v) is 16.8. The lowest BCUT2D eigenvalue weighted by atomic mass is 10.0. The van der Waals surface area contributed by atoms with Crippen LogP contribution in [0.25, 0.3) is 5.69 Å². The number of carbonyl (C=O) groups is 1. The molecule has 1 aromatic carbocycles. The third kappa shape index (κ3) is 4.29. The Morgan fingerprint density at radius 1 is 1.35 bits per heavy atom. The van der Waals surface area contributed by atoms with E-state index in [2.05, 4.69) is 36.3 Å². The molecule has 1 aromatic heterocycles. The molecule has 0 saturated carbocycles. The summed E-state index contributed by atoms with van der Waals surface area (Å²) in [6, 6.07) is 6.18. The summed E-state index contributed by atoms with van der Waals surface area (Å²) in [7, 11) is -3.05. The smallest absolute Gasteiger partial charge is 0.230 e. The summed E-state index contributed by atoms with van der Waals surface area (Å²) in [5, 5.41) is 3.60. The molecular weight excluding hydrogens is 370 g/mol. The van der Waals surface area contributed by atoms with Gasteiger partial charge in [0, 0.05) is 18.1 Å². The molecule has 0 bridgehead atoms. The van der Waals surface area contributed by atoms with Gasteiger partial charge in [0.1, 0.15) is 0 Å². The molecule has 1 atom stereocenters. The van der Waals surface area contributed by atoms with Crippen LogP contribution in [0.1, 0.15) is 24.5 Å². The van der Waals surface area contributed by atoms with Crippen LogP contribution >= 0.6 is 11.8 Å². The molecule has 1 N–H and O–H groups in total. The van der Waals surface area contributed by atoms with Gasteiger partial charge < -0.3 is 5.32 Å². The van der Waals surface area contributed by atoms with Crippen LogP contribution in [0.15, 0.2) is 35.7 Å². The highest BCUT2D eigenvalue weighted by atomic mass is 32.2. The number of amides is 1. The van der Waals surface area contributed by atoms with E-state index in [4.69, 9.17) is 0 Å². The third-order valence-electron chi connectivity index (χ3n) is 4.65. The summed E-state index contributed by atoms with van der Waals surface area (Å²) in [6.07, 6.45) is 4.04. The highest BCUT2D eigenvalue weighted by Crippen LogP contribution is 2.25. The second-order valence-corrected chi connectivity index (χ2v) is 10.2. The highest BCUT2D eigenvalue weighted by Gasteiger charge is 2.39. The van der Waals surface area contributed by atoms with Crippen molar-refractivity contribution in [2.45, 2.75) is 37.9 Å². The average molecular weight is 394 g/mol. The number of aryl methyl sites for hydroxylation is 2. The maximum atomic E-state index is 12.3. The van der Waals surface area contributed by atoms with Crippen molar-refractivity contribution in [1.29, 1.82) is 0 Å². The van der Waals surface area contributed by atoms with Crippen LogP contribution in [0.5, 0.6) is 0 Å². The molecule has 0 spiro atoms. The molecule has 1 fully saturated rings. The van der Waals surface area contributed by atoms with Crippen molar-refractivity contribution in [2.24, 2.45) is 0 Å². The van der Waals surface area contributed by atoms with Crippen LogP contribution in [0, 0.1) is 13.8 Å². The molecule has 8 heteroatoms. The second kappa shape index (κ2) is 7.08. The van der Waals surface area contributed by atoms with Gasteiger partial charge in [-0.3, -0.25) is 9.36 Å². The van der Waals surface area contributed by atoms with Crippen molar-refractivity contribution in [1.82, 2.24) is 14.9 Å². The fourth-order valence-electron chi connectivity index (χ4n) is 3.08. The predicted octanol–water partition coefficient (Wildman–Crippen LogP) is 2.27. The minimum absolute atomic E-state index is 0.00762. The predicted molar refractivity (Wildman–Crippen MR) is 104 cm³/mol. The van der Waals surface area contributed by atoms with Crippen molar-refractivity contribution in [2.75, 3.05) is 17.3 Å². The molecule has 1 saturated heterocycles. The first-order valence-corrected chi connectivity index (χ1v) is 11.2. The molecule has 26 heavy (non-hydrogen) atoms. The zero-order valence-electron chi connectivity index (χ0n) is 15.2. The molecule has 0 aliphatic carbocycles. The van der Waals surface area contributed by atoms with E-state index >= 15 is 0 Å². The first-order chi connectivity index (χ1) is 12.2. The Balaban J connectivity index is 1.65. The summed E-state index contributed by atoms with van der Waals surface area (Å²) < 4.78 is 25.3. The lowest BCUT2D eigenvalue weighted by Crippen LogP contribution is -2.47. The van der Waals surface area contributed by atoms with Gasteiger partial charge >= 0.3 is 0 Å². The Labute approximate surface area is 158 Å². The van der Waals surface area contributed by atoms with Gasteiger partial charge in [0.25, 0.3) is 0 Å². The van der Waals surface area contributed by atoms with E-state index < -0.39 is 15.4 Å². The normalized spacial score (nSPS) is 21.7. The molecule has 2 heterocycles. The molecule has 0 radical (unpaired) electrons. The number of thioether (sulfide) groups is 1. The SMILES string of the molecule is Cc1ccc(-n2ccnc2SCC(=O)NC2(C)CCS(=O)(=O)C2)cc1C. The Morgan fingerprint density at radius 2 is 2.12 bits per heavy atom. The monoisotopic (exact) mass is 393 g/mol. The quantitative estimate of drug-likeness (QED) is 0.788. The number of hydrogen-bond donors (Lipinski definition) is 1. The number of benzene rings is 1. The first kappa shape index (κ1) is 19.0. The Hall–Kier alpha value is -1.80. The summed E-state index contributed by atoms with van der Waals surface area (Å²) in [6.45, 7) is 5.92. The summed E-state index contributed by atoms with van der Waals surface area (Å²) in [5.74, 6) is 0.156. The molecule has 140 valence electrons. The molecule has 1 aliphatic heterocycles. The fourth-order valence-corrected chi connectivity index (χ4v) is 5.95. The van der Waals surface area contributed by atoms with Gasteiger partial charge in [0.05, 0.1) is 22.8 Å². The molecular formula is C18H23N3O3S2. The number of aromatic nitrogens is 2. The maximum absolute atomic E-state index is 12.3. The van der Waals surface area contributed by atoms with Crippen LogP contribution in [0.2, 0.25) is 0 Å². The van der Waals surface area contributed by atoms with Crippen LogP contribution in [0.4, 0.5) is 0 Å². The van der Waals surface area contributed by atoms with Gasteiger partial charge in [0.15, 0.2) is 15.0 Å². The van der Waals surface area contributed by atoms with E-state index in [0.717, 1.165) is 10.8 Å². The van der Waals surface area contributed by atoms with E-state index in [0.29, 0.717) is 6.42 Å². The summed E-state index contributed by atoms with van der Waals surface area (Å²) in [4.78, 5) is 16.6. The first-order valence-electron chi connectivity index (χ1n) is 8.43. The number of hydrogen-bond acceptors (Lipinski definition) is 5. The van der Waals surface area contributed by atoms with E-state index in [1.807, 2.05) is 16.8 Å². The highest BCUT2D eigenvalue weighted by molar-refractivity contribution is 7.99. The van der Waals surface area contributed by atoms with Gasteiger partial charge in [0.2, 0.25) is 5.91 Å². The average Bonchev–Trinajstić information content (AvgIpc) is 3.12. The summed E-state index contributed by atoms with van der Waals surface area (Å²) >= 11 is 1.34. The second-order valence-electron chi connectivity index (χ2n) is 7.09. The number of sulfone groups is 1. The van der Waals surface area contributed by atoms with Crippen LogP contribution in [-0.2, 0) is 14.6 Å². The Kier molecular flexibility index (Phi) is 5.16. The van der Waals surface area contributed by atoms with Gasteiger partial charge in [-0.05, 0) is 50.5 Å². The van der Waals surface area contributed by atoms with Crippen molar-refractivity contribution in [3.63, 3.8) is 0 Å². The van der Waals surface area contributed by atoms with Crippen molar-refractivity contribution in [3.8, 4) is 5.69 Å². The van der Waals surface area contributed by atoms with Crippen molar-refractivity contribution >= 4 is 27.5 Å². The number of rotatable bonds is 5. The minimum Gasteiger partial charge on any atom is -0.349 e. The number of imidazole rings is 1. The van der Waals surface area contributed by atoms with E-state index in [1.54, 1.807) is 13.1 Å². The summed E-state index contributed by atoms with van der Waals surface area (Å²) in [5.41, 5.74) is 2.75. The van der Waals surface area contributed by atoms with Gasteiger partial charge in [-0.25, -0.2) is 13.4 Å². The van der Waals surface area contributed by atoms with Crippen LogP contribution in [0.3, 0.4) is 0 Å². The standard InChI is InChI=1S/C18H23N3O3S2/c1-13-4-5-15(10-14(13)2)21-8-7-19-17(21)25-11-16(22)20-18(3)6-9-26(23,24)12-18/h4-5,7-8,10H,6,9,11-12H2,1-3H3,(H,20,22). The zero-order chi connectivity index (χ0) is 18.9. The third-order valence-corrected chi connectivity index (χ3v) is 7.52. The van der Waals surface area contributed by atoms with Gasteiger partial charge in [-0.2, -0.15) is 0 Å². The lowest BCUT2D eigenvalue weighted by molar-refractivity contribution is -0.120. The van der Waals surface area contributed by atoms with Gasteiger partial charge in [-0.1, -0.05) is 17.8 Å². The largest absolute Gasteiger partial charge is 0.349 e. The van der Waals surface area contributed by atoms with E-state index in [9.17, 15) is 13.2 Å². The van der Waals surface area contributed by atoms with Gasteiger partial charge in [-0.15, -0.1) is 0 Å². The van der Waals surface area contributed by atoms with Crippen LogP contribution in [-0.4, -0.2) is 46.7 Å². The Bertz CT molecular complexity index is 937. The molecule has 3 rings (SSSR count). The number of nitrogens with zero attached hydrogens (tertiary/aromatic N) is 2. The molecule has 2 aromatic rings. The molecule has 1 unspecified atom stereocenters. The molecule has 6 nitrogen and oxygen atoms in total. The maximum Gasteiger partial charge on any atom is 0.230 e. The van der Waals surface area contributed by atoms with E-state index in [1.165, 1.54) is 22.9 Å². The topological polar surface area (TPSA) is 81.1 Å². The number of nitrogens with one attached hydrogen (secondary N) is 1. The van der Waals surface area contributed by atoms with Crippen molar-refractivity contribution < 1.29 is 13.2 Å². The van der Waals surface area contributed by atoms with Crippen molar-refractivity contribution in [3.05, 3.63) is 41.7 Å². The minimum atomic E-state index is -3.05. The number of carbonyl (C=O) groups excluding carboxylic acids is 1. The fraction of sp³-hybridized carbons (Fsp3) is 0.444. The molecule has 1 aliphatic rings. The van der Waals surface area contributed by atoms with E-state index in [-0.39, 0.29) is 23.2 Å². The van der Waals surface area contributed by atoms with Crippen LogP contribution < -0.4 is 5.32 Å².